The molecule has 0 saturated heterocycles. The summed E-state index contributed by atoms with van der Waals surface area (Å²) in [5.41, 5.74) is 4.09. The van der Waals surface area contributed by atoms with Crippen LogP contribution in [0.25, 0.3) is 0 Å². The number of benzene rings is 2. The van der Waals surface area contributed by atoms with Crippen molar-refractivity contribution in [2.45, 2.75) is 31.3 Å². The van der Waals surface area contributed by atoms with E-state index in [4.69, 9.17) is 0 Å². The van der Waals surface area contributed by atoms with Crippen LogP contribution in [-0.4, -0.2) is 11.2 Å². The average Bonchev–Trinajstić information content (AvgIpc) is 2.60. The van der Waals surface area contributed by atoms with Gasteiger partial charge in [0.15, 0.2) is 0 Å². The normalized spacial score (nSPS) is 23.2. The molecule has 0 heterocycles. The van der Waals surface area contributed by atoms with Crippen LogP contribution in [0.5, 0.6) is 0 Å². The number of aliphatic hydroxyl groups excluding tert-OH is 1. The molecule has 92 valence electrons. The van der Waals surface area contributed by atoms with Crippen LogP contribution >= 0.6 is 0 Å². The number of hydrogen-bond acceptors (Lipinski definition) is 1. The number of aryl methyl sites for hydroxylation is 1. The molecule has 1 heteroatoms. The van der Waals surface area contributed by atoms with Crippen molar-refractivity contribution in [2.24, 2.45) is 0 Å². The van der Waals surface area contributed by atoms with Gasteiger partial charge in [-0.15, -0.1) is 0 Å². The predicted molar refractivity (Wildman–Crippen MR) is 73.7 cm³/mol. The van der Waals surface area contributed by atoms with Crippen molar-refractivity contribution in [3.8, 4) is 0 Å². The van der Waals surface area contributed by atoms with E-state index >= 15 is 0 Å². The molecular formula is C17H18O. The van der Waals surface area contributed by atoms with Crippen molar-refractivity contribution in [1.82, 2.24) is 0 Å². The second-order valence-corrected chi connectivity index (χ2v) is 5.09. The van der Waals surface area contributed by atoms with Crippen molar-refractivity contribution in [2.75, 3.05) is 0 Å². The number of fused-ring (bicyclic) bond motifs is 1. The molecule has 1 N–H and O–H groups in total. The predicted octanol–water partition coefficient (Wildman–Crippen LogP) is 3.52. The van der Waals surface area contributed by atoms with Crippen LogP contribution in [0.4, 0.5) is 0 Å². The lowest BCUT2D eigenvalue weighted by Crippen LogP contribution is -2.10. The monoisotopic (exact) mass is 238 g/mol. The summed E-state index contributed by atoms with van der Waals surface area (Å²) in [5, 5.41) is 10.1. The Balaban J connectivity index is 2.07. The van der Waals surface area contributed by atoms with Gasteiger partial charge in [-0.1, -0.05) is 54.6 Å². The van der Waals surface area contributed by atoms with E-state index in [1.165, 1.54) is 16.7 Å². The van der Waals surface area contributed by atoms with Crippen LogP contribution < -0.4 is 0 Å². The Labute approximate surface area is 108 Å². The molecule has 0 aliphatic heterocycles. The SMILES string of the molecule is O[C@@H]1CCc2ccccc2[C@@H](c2ccccc2)C1. The van der Waals surface area contributed by atoms with Gasteiger partial charge in [0.25, 0.3) is 0 Å². The van der Waals surface area contributed by atoms with E-state index in [0.29, 0.717) is 5.92 Å². The number of rotatable bonds is 1. The molecule has 2 aromatic carbocycles. The largest absolute Gasteiger partial charge is 0.393 e. The molecule has 0 bridgehead atoms. The van der Waals surface area contributed by atoms with Gasteiger partial charge in [-0.25, -0.2) is 0 Å². The zero-order valence-electron chi connectivity index (χ0n) is 10.4. The summed E-state index contributed by atoms with van der Waals surface area (Å²) in [4.78, 5) is 0. The van der Waals surface area contributed by atoms with Gasteiger partial charge in [0, 0.05) is 5.92 Å². The van der Waals surface area contributed by atoms with Crippen molar-refractivity contribution < 1.29 is 5.11 Å². The Morgan fingerprint density at radius 2 is 1.61 bits per heavy atom. The third kappa shape index (κ3) is 2.19. The van der Waals surface area contributed by atoms with Crippen molar-refractivity contribution in [3.63, 3.8) is 0 Å². The standard InChI is InChI=1S/C17H18O/c18-15-11-10-14-8-4-5-9-16(14)17(12-15)13-6-2-1-3-7-13/h1-9,15,17-18H,10-12H2/t15-,17-/m1/s1. The molecule has 18 heavy (non-hydrogen) atoms. The Bertz CT molecular complexity index is 518. The quantitative estimate of drug-likeness (QED) is 0.754. The Kier molecular flexibility index (Phi) is 3.16. The lowest BCUT2D eigenvalue weighted by molar-refractivity contribution is 0.153. The van der Waals surface area contributed by atoms with Gasteiger partial charge in [-0.2, -0.15) is 0 Å². The zero-order chi connectivity index (χ0) is 12.4. The minimum Gasteiger partial charge on any atom is -0.393 e. The van der Waals surface area contributed by atoms with Crippen molar-refractivity contribution in [1.29, 1.82) is 0 Å². The molecule has 2 aromatic rings. The summed E-state index contributed by atoms with van der Waals surface area (Å²) in [7, 11) is 0. The molecule has 1 nitrogen and oxygen atoms in total. The van der Waals surface area contributed by atoms with Crippen LogP contribution in [-0.2, 0) is 6.42 Å². The second-order valence-electron chi connectivity index (χ2n) is 5.09. The summed E-state index contributed by atoms with van der Waals surface area (Å²) >= 11 is 0. The van der Waals surface area contributed by atoms with Crippen LogP contribution in [0.15, 0.2) is 54.6 Å². The van der Waals surface area contributed by atoms with E-state index in [1.54, 1.807) is 0 Å². The Morgan fingerprint density at radius 1 is 0.889 bits per heavy atom. The number of aliphatic hydroxyl groups is 1. The van der Waals surface area contributed by atoms with E-state index in [2.05, 4.69) is 48.5 Å². The molecule has 0 spiro atoms. The van der Waals surface area contributed by atoms with E-state index in [9.17, 15) is 5.11 Å². The zero-order valence-corrected chi connectivity index (χ0v) is 10.4. The molecule has 1 aliphatic carbocycles. The second kappa shape index (κ2) is 4.95. The van der Waals surface area contributed by atoms with Gasteiger partial charge in [0.2, 0.25) is 0 Å². The molecule has 0 radical (unpaired) electrons. The fourth-order valence-electron chi connectivity index (χ4n) is 2.94. The van der Waals surface area contributed by atoms with Gasteiger partial charge in [-0.05, 0) is 36.0 Å². The summed E-state index contributed by atoms with van der Waals surface area (Å²) in [6, 6.07) is 19.1. The number of hydrogen-bond donors (Lipinski definition) is 1. The maximum absolute atomic E-state index is 10.1. The minimum absolute atomic E-state index is 0.192. The molecule has 0 saturated carbocycles. The first-order valence-corrected chi connectivity index (χ1v) is 6.65. The third-order valence-electron chi connectivity index (χ3n) is 3.89. The highest BCUT2D eigenvalue weighted by molar-refractivity contribution is 5.39. The highest BCUT2D eigenvalue weighted by Crippen LogP contribution is 2.35. The van der Waals surface area contributed by atoms with Crippen LogP contribution in [0, 0.1) is 0 Å². The van der Waals surface area contributed by atoms with Gasteiger partial charge >= 0.3 is 0 Å². The molecule has 0 unspecified atom stereocenters. The first kappa shape index (κ1) is 11.5. The maximum Gasteiger partial charge on any atom is 0.0552 e. The minimum atomic E-state index is -0.192. The van der Waals surface area contributed by atoms with Gasteiger partial charge in [0.1, 0.15) is 0 Å². The maximum atomic E-state index is 10.1. The summed E-state index contributed by atoms with van der Waals surface area (Å²) < 4.78 is 0. The van der Waals surface area contributed by atoms with E-state index in [-0.39, 0.29) is 6.10 Å². The lowest BCUT2D eigenvalue weighted by atomic mass is 9.86. The smallest absolute Gasteiger partial charge is 0.0552 e. The van der Waals surface area contributed by atoms with Crippen LogP contribution in [0.1, 0.15) is 35.4 Å². The molecular weight excluding hydrogens is 220 g/mol. The molecule has 0 aromatic heterocycles. The van der Waals surface area contributed by atoms with E-state index in [1.807, 2.05) is 6.07 Å². The first-order chi connectivity index (χ1) is 8.84. The fraction of sp³-hybridized carbons (Fsp3) is 0.294. The molecule has 3 rings (SSSR count). The highest BCUT2D eigenvalue weighted by Gasteiger charge is 2.24. The highest BCUT2D eigenvalue weighted by atomic mass is 16.3. The van der Waals surface area contributed by atoms with Crippen LogP contribution in [0.3, 0.4) is 0 Å². The molecule has 2 atom stereocenters. The van der Waals surface area contributed by atoms with Gasteiger partial charge in [0.05, 0.1) is 6.10 Å². The summed E-state index contributed by atoms with van der Waals surface area (Å²) in [6.45, 7) is 0. The first-order valence-electron chi connectivity index (χ1n) is 6.65. The van der Waals surface area contributed by atoms with Crippen molar-refractivity contribution >= 4 is 0 Å². The lowest BCUT2D eigenvalue weighted by Gasteiger charge is -2.19. The Morgan fingerprint density at radius 3 is 2.44 bits per heavy atom. The molecule has 0 amide bonds. The Hall–Kier alpha value is -1.60. The van der Waals surface area contributed by atoms with Crippen molar-refractivity contribution in [3.05, 3.63) is 71.3 Å². The summed E-state index contributed by atoms with van der Waals surface area (Å²) in [6.07, 6.45) is 2.50. The average molecular weight is 238 g/mol. The summed E-state index contributed by atoms with van der Waals surface area (Å²) in [5.74, 6) is 0.333. The van der Waals surface area contributed by atoms with Gasteiger partial charge < -0.3 is 5.11 Å². The van der Waals surface area contributed by atoms with E-state index < -0.39 is 0 Å². The molecule has 1 aliphatic rings. The molecule has 0 fully saturated rings. The van der Waals surface area contributed by atoms with Crippen LogP contribution in [0.2, 0.25) is 0 Å². The van der Waals surface area contributed by atoms with Gasteiger partial charge in [-0.3, -0.25) is 0 Å². The van der Waals surface area contributed by atoms with E-state index in [0.717, 1.165) is 19.3 Å². The third-order valence-corrected chi connectivity index (χ3v) is 3.89. The topological polar surface area (TPSA) is 20.2 Å². The fourth-order valence-corrected chi connectivity index (χ4v) is 2.94.